The van der Waals surface area contributed by atoms with Crippen molar-refractivity contribution in [2.75, 3.05) is 29.1 Å². The fraction of sp³-hybridized carbons (Fsp3) is 0.273. The van der Waals surface area contributed by atoms with Gasteiger partial charge in [0.25, 0.3) is 11.8 Å². The number of hydrogen-bond donors (Lipinski definition) is 3. The third-order valence-corrected chi connectivity index (χ3v) is 6.27. The molecule has 210 valence electrons. The van der Waals surface area contributed by atoms with Crippen molar-refractivity contribution in [3.63, 3.8) is 0 Å². The van der Waals surface area contributed by atoms with Crippen LogP contribution in [-0.2, 0) is 20.5 Å². The number of morpholine rings is 1. The Bertz CT molecular complexity index is 1640. The third kappa shape index (κ3) is 4.78. The van der Waals surface area contributed by atoms with Crippen molar-refractivity contribution in [1.82, 2.24) is 25.1 Å². The van der Waals surface area contributed by atoms with Gasteiger partial charge < -0.3 is 25.4 Å². The van der Waals surface area contributed by atoms with E-state index in [9.17, 15) is 32.3 Å². The van der Waals surface area contributed by atoms with Gasteiger partial charge >= 0.3 is 6.18 Å². The number of fused-ring (bicyclic) bond motifs is 1. The van der Waals surface area contributed by atoms with Crippen molar-refractivity contribution < 1.29 is 41.5 Å². The highest BCUT2D eigenvalue weighted by atomic mass is 35.5. The molecule has 2 amide bonds. The molecular formula is C22H17ClF4N8O5. The number of anilines is 3. The molecule has 0 radical (unpaired) electrons. The van der Waals surface area contributed by atoms with Gasteiger partial charge in [0, 0.05) is 11.8 Å². The molecule has 0 unspecified atom stereocenters. The predicted octanol–water partition coefficient (Wildman–Crippen LogP) is 2.32. The fourth-order valence-electron chi connectivity index (χ4n) is 3.97. The zero-order valence-electron chi connectivity index (χ0n) is 20.1. The van der Waals surface area contributed by atoms with Crippen LogP contribution in [0.25, 0.3) is 16.7 Å². The summed E-state index contributed by atoms with van der Waals surface area (Å²) in [5.41, 5.74) is 1.80. The van der Waals surface area contributed by atoms with Crippen molar-refractivity contribution in [1.29, 1.82) is 0 Å². The van der Waals surface area contributed by atoms with Crippen molar-refractivity contribution in [3.05, 3.63) is 47.1 Å². The number of nitrogens with two attached hydrogens (primary N) is 1. The predicted molar refractivity (Wildman–Crippen MR) is 129 cm³/mol. The molecule has 1 saturated heterocycles. The Morgan fingerprint density at radius 1 is 1.30 bits per heavy atom. The van der Waals surface area contributed by atoms with Crippen molar-refractivity contribution in [2.24, 2.45) is 0 Å². The lowest BCUT2D eigenvalue weighted by atomic mass is 9.95. The number of aromatic nitrogens is 5. The molecule has 0 saturated carbocycles. The SMILES string of the molecule is C[C@](O)(C(=O)Nc1cc(Cl)c2c(N)noc2c1)[C@H]1OCCN(c2nn(-c3cnnc(C(F)(F)F)c3)cc2F)C1=O. The number of amides is 2. The Morgan fingerprint density at radius 2 is 2.05 bits per heavy atom. The topological polar surface area (TPSA) is 175 Å². The van der Waals surface area contributed by atoms with Gasteiger partial charge in [-0.25, -0.2) is 9.07 Å². The van der Waals surface area contributed by atoms with E-state index in [4.69, 9.17) is 26.6 Å². The first-order chi connectivity index (χ1) is 18.8. The van der Waals surface area contributed by atoms with E-state index in [-0.39, 0.29) is 40.9 Å². The molecule has 5 rings (SSSR count). The molecule has 0 spiro atoms. The molecule has 3 aromatic heterocycles. The first kappa shape index (κ1) is 27.2. The smallest absolute Gasteiger partial charge is 0.380 e. The van der Waals surface area contributed by atoms with Crippen LogP contribution in [0.15, 0.2) is 35.1 Å². The third-order valence-electron chi connectivity index (χ3n) is 5.97. The maximum absolute atomic E-state index is 14.9. The highest BCUT2D eigenvalue weighted by Gasteiger charge is 2.49. The number of hydrogen-bond acceptors (Lipinski definition) is 10. The second-order valence-electron chi connectivity index (χ2n) is 8.78. The number of carbonyl (C=O) groups excluding carboxylic acids is 2. The molecule has 1 fully saturated rings. The standard InChI is InChI=1S/C22H17ClF4N8O5/c1-21(38,20(37)30-9-4-11(23)15-13(5-9)40-33-17(15)28)16-19(36)34(2-3-39-16)18-12(24)8-35(32-18)10-6-14(22(25,26)27)31-29-7-10/h4-8,16,38H,2-3H2,1H3,(H2,28,33)(H,30,37)/t16-,21+/m0/s1. The van der Waals surface area contributed by atoms with E-state index in [1.165, 1.54) is 12.1 Å². The minimum atomic E-state index is -4.81. The maximum atomic E-state index is 14.9. The minimum Gasteiger partial charge on any atom is -0.380 e. The van der Waals surface area contributed by atoms with Gasteiger partial charge in [0.2, 0.25) is 0 Å². The van der Waals surface area contributed by atoms with Crippen LogP contribution >= 0.6 is 11.6 Å². The molecule has 4 heterocycles. The van der Waals surface area contributed by atoms with Crippen LogP contribution in [0.4, 0.5) is 34.9 Å². The fourth-order valence-corrected chi connectivity index (χ4v) is 4.28. The first-order valence-corrected chi connectivity index (χ1v) is 11.6. The summed E-state index contributed by atoms with van der Waals surface area (Å²) in [5.74, 6) is -3.72. The monoisotopic (exact) mass is 584 g/mol. The zero-order chi connectivity index (χ0) is 29.0. The molecule has 1 aliphatic rings. The molecule has 2 atom stereocenters. The summed E-state index contributed by atoms with van der Waals surface area (Å²) < 4.78 is 65.1. The number of ether oxygens (including phenoxy) is 1. The average molecular weight is 585 g/mol. The summed E-state index contributed by atoms with van der Waals surface area (Å²) in [5, 5.41) is 27.6. The molecule has 18 heteroatoms. The van der Waals surface area contributed by atoms with Crippen molar-refractivity contribution in [2.45, 2.75) is 24.8 Å². The molecule has 13 nitrogen and oxygen atoms in total. The molecule has 0 aliphatic carbocycles. The first-order valence-electron chi connectivity index (χ1n) is 11.2. The van der Waals surface area contributed by atoms with Gasteiger partial charge in [0.1, 0.15) is 0 Å². The van der Waals surface area contributed by atoms with E-state index in [0.717, 1.165) is 28.9 Å². The second kappa shape index (κ2) is 9.68. The number of aliphatic hydroxyl groups is 1. The van der Waals surface area contributed by atoms with Crippen LogP contribution in [0.2, 0.25) is 5.02 Å². The van der Waals surface area contributed by atoms with E-state index in [1.54, 1.807) is 0 Å². The van der Waals surface area contributed by atoms with Gasteiger partial charge in [-0.1, -0.05) is 16.8 Å². The van der Waals surface area contributed by atoms with Crippen molar-refractivity contribution in [3.8, 4) is 5.69 Å². The number of alkyl halides is 3. The Labute approximate surface area is 225 Å². The summed E-state index contributed by atoms with van der Waals surface area (Å²) in [6.07, 6.45) is -4.96. The van der Waals surface area contributed by atoms with Crippen LogP contribution in [0.1, 0.15) is 12.6 Å². The second-order valence-corrected chi connectivity index (χ2v) is 9.19. The lowest BCUT2D eigenvalue weighted by Gasteiger charge is -2.37. The lowest BCUT2D eigenvalue weighted by Crippen LogP contribution is -2.61. The zero-order valence-corrected chi connectivity index (χ0v) is 20.9. The Hall–Kier alpha value is -4.35. The summed E-state index contributed by atoms with van der Waals surface area (Å²) >= 11 is 6.17. The molecular weight excluding hydrogens is 568 g/mol. The average Bonchev–Trinajstić information content (AvgIpc) is 3.46. The lowest BCUT2D eigenvalue weighted by molar-refractivity contribution is -0.165. The van der Waals surface area contributed by atoms with E-state index in [0.29, 0.717) is 11.5 Å². The summed E-state index contributed by atoms with van der Waals surface area (Å²) in [7, 11) is 0. The molecule has 1 aliphatic heterocycles. The number of halogens is 5. The number of rotatable bonds is 5. The maximum Gasteiger partial charge on any atom is 0.435 e. The van der Waals surface area contributed by atoms with Gasteiger partial charge in [0.05, 0.1) is 41.6 Å². The summed E-state index contributed by atoms with van der Waals surface area (Å²) in [6.45, 7) is 0.538. The Balaban J connectivity index is 1.38. The Morgan fingerprint density at radius 3 is 2.77 bits per heavy atom. The number of nitrogen functional groups attached to an aromatic ring is 1. The minimum absolute atomic E-state index is 0.0295. The number of nitrogens with zero attached hydrogens (tertiary/aromatic N) is 6. The normalized spacial score (nSPS) is 17.7. The van der Waals surface area contributed by atoms with E-state index < -0.39 is 47.0 Å². The van der Waals surface area contributed by atoms with E-state index in [1.807, 2.05) is 0 Å². The molecule has 1 aromatic carbocycles. The molecule has 40 heavy (non-hydrogen) atoms. The van der Waals surface area contributed by atoms with Gasteiger partial charge in [-0.05, 0) is 19.1 Å². The van der Waals surface area contributed by atoms with Gasteiger partial charge in [-0.15, -0.1) is 10.2 Å². The Kier molecular flexibility index (Phi) is 6.59. The van der Waals surface area contributed by atoms with E-state index >= 15 is 0 Å². The largest absolute Gasteiger partial charge is 0.435 e. The summed E-state index contributed by atoms with van der Waals surface area (Å²) in [6, 6.07) is 3.26. The van der Waals surface area contributed by atoms with Crippen LogP contribution in [-0.4, -0.2) is 66.9 Å². The molecule has 0 bridgehead atoms. The van der Waals surface area contributed by atoms with Gasteiger partial charge in [-0.2, -0.15) is 18.3 Å². The quantitative estimate of drug-likeness (QED) is 0.295. The number of carbonyl (C=O) groups is 2. The van der Waals surface area contributed by atoms with Crippen LogP contribution in [0, 0.1) is 5.82 Å². The van der Waals surface area contributed by atoms with Crippen LogP contribution in [0.3, 0.4) is 0 Å². The molecule has 4 N–H and O–H groups in total. The number of nitrogens with one attached hydrogen (secondary N) is 1. The van der Waals surface area contributed by atoms with Crippen molar-refractivity contribution >= 4 is 51.7 Å². The highest BCUT2D eigenvalue weighted by Crippen LogP contribution is 2.33. The highest BCUT2D eigenvalue weighted by molar-refractivity contribution is 6.36. The van der Waals surface area contributed by atoms with Gasteiger partial charge in [-0.3, -0.25) is 14.5 Å². The van der Waals surface area contributed by atoms with E-state index in [2.05, 4.69) is 25.8 Å². The molecule has 4 aromatic rings. The van der Waals surface area contributed by atoms with Gasteiger partial charge in [0.15, 0.2) is 40.4 Å². The van der Waals surface area contributed by atoms with Crippen LogP contribution in [0.5, 0.6) is 0 Å². The van der Waals surface area contributed by atoms with Crippen LogP contribution < -0.4 is 16.0 Å². The summed E-state index contributed by atoms with van der Waals surface area (Å²) in [4.78, 5) is 27.1. The number of benzene rings is 1.